The largest absolute Gasteiger partial charge is 0.271 e. The van der Waals surface area contributed by atoms with Crippen LogP contribution in [0.15, 0.2) is 36.5 Å². The average molecular weight is 255 g/mol. The number of hydrazine groups is 1. The van der Waals surface area contributed by atoms with Crippen molar-refractivity contribution in [3.8, 4) is 0 Å². The molecule has 0 radical (unpaired) electrons. The molecule has 3 N–H and O–H groups in total. The minimum absolute atomic E-state index is 0.0928. The first-order chi connectivity index (χ1) is 9.10. The normalized spacial score (nSPS) is 12.4. The van der Waals surface area contributed by atoms with Gasteiger partial charge < -0.3 is 0 Å². The molecule has 1 aromatic carbocycles. The average Bonchev–Trinajstić information content (AvgIpc) is 2.41. The lowest BCUT2D eigenvalue weighted by Gasteiger charge is -2.17. The van der Waals surface area contributed by atoms with Gasteiger partial charge >= 0.3 is 0 Å². The second-order valence-electron chi connectivity index (χ2n) is 5.07. The fraction of sp³-hybridized carbons (Fsp3) is 0.312. The lowest BCUT2D eigenvalue weighted by Crippen LogP contribution is -2.29. The molecular formula is C16H21N3. The molecule has 1 aromatic heterocycles. The van der Waals surface area contributed by atoms with E-state index in [1.807, 2.05) is 19.2 Å². The second-order valence-corrected chi connectivity index (χ2v) is 5.07. The van der Waals surface area contributed by atoms with Gasteiger partial charge in [0.1, 0.15) is 0 Å². The molecule has 0 aliphatic carbocycles. The first-order valence-electron chi connectivity index (χ1n) is 6.55. The van der Waals surface area contributed by atoms with Gasteiger partial charge in [-0.1, -0.05) is 24.3 Å². The third-order valence-corrected chi connectivity index (χ3v) is 3.55. The van der Waals surface area contributed by atoms with Crippen LogP contribution in [0, 0.1) is 20.8 Å². The van der Waals surface area contributed by atoms with Crippen LogP contribution in [-0.4, -0.2) is 4.98 Å². The molecule has 0 amide bonds. The van der Waals surface area contributed by atoms with Crippen molar-refractivity contribution in [2.45, 2.75) is 33.2 Å². The third kappa shape index (κ3) is 3.40. The van der Waals surface area contributed by atoms with Gasteiger partial charge in [-0.2, -0.15) is 0 Å². The molecule has 0 aliphatic rings. The maximum atomic E-state index is 5.68. The molecule has 3 heteroatoms. The number of nitrogens with two attached hydrogens (primary N) is 1. The number of hydrogen-bond acceptors (Lipinski definition) is 3. The number of aryl methyl sites for hydroxylation is 3. The zero-order valence-electron chi connectivity index (χ0n) is 11.8. The van der Waals surface area contributed by atoms with Crippen LogP contribution in [0.1, 0.15) is 34.0 Å². The van der Waals surface area contributed by atoms with E-state index < -0.39 is 0 Å². The Kier molecular flexibility index (Phi) is 4.30. The zero-order chi connectivity index (χ0) is 13.8. The van der Waals surface area contributed by atoms with Crippen molar-refractivity contribution in [2.75, 3.05) is 0 Å². The zero-order valence-corrected chi connectivity index (χ0v) is 11.8. The summed E-state index contributed by atoms with van der Waals surface area (Å²) in [6.07, 6.45) is 2.75. The molecule has 3 nitrogen and oxygen atoms in total. The van der Waals surface area contributed by atoms with Crippen LogP contribution in [0.2, 0.25) is 0 Å². The molecule has 1 unspecified atom stereocenters. The monoisotopic (exact) mass is 255 g/mol. The molecule has 0 saturated heterocycles. The quantitative estimate of drug-likeness (QED) is 0.652. The number of pyridine rings is 1. The van der Waals surface area contributed by atoms with Crippen molar-refractivity contribution < 1.29 is 0 Å². The summed E-state index contributed by atoms with van der Waals surface area (Å²) in [6.45, 7) is 6.25. The second kappa shape index (κ2) is 5.95. The topological polar surface area (TPSA) is 50.9 Å². The molecule has 1 heterocycles. The molecule has 2 rings (SSSR count). The highest BCUT2D eigenvalue weighted by Gasteiger charge is 2.11. The van der Waals surface area contributed by atoms with Crippen LogP contribution in [-0.2, 0) is 6.42 Å². The molecule has 0 spiro atoms. The minimum Gasteiger partial charge on any atom is -0.271 e. The van der Waals surface area contributed by atoms with Crippen molar-refractivity contribution in [3.63, 3.8) is 0 Å². The van der Waals surface area contributed by atoms with E-state index >= 15 is 0 Å². The number of benzene rings is 1. The van der Waals surface area contributed by atoms with Crippen LogP contribution >= 0.6 is 0 Å². The summed E-state index contributed by atoms with van der Waals surface area (Å²) in [6, 6.07) is 10.7. The Balaban J connectivity index is 2.18. The number of nitrogens with zero attached hydrogens (tertiary/aromatic N) is 1. The Labute approximate surface area is 114 Å². The van der Waals surface area contributed by atoms with E-state index in [0.717, 1.165) is 17.7 Å². The van der Waals surface area contributed by atoms with Gasteiger partial charge in [0, 0.05) is 11.9 Å². The van der Waals surface area contributed by atoms with Gasteiger partial charge in [-0.25, -0.2) is 0 Å². The van der Waals surface area contributed by atoms with Gasteiger partial charge in [0.05, 0.1) is 6.04 Å². The van der Waals surface area contributed by atoms with Gasteiger partial charge in [0.25, 0.3) is 0 Å². The van der Waals surface area contributed by atoms with Crippen LogP contribution in [0.4, 0.5) is 0 Å². The highest BCUT2D eigenvalue weighted by atomic mass is 15.2. The fourth-order valence-corrected chi connectivity index (χ4v) is 2.12. The van der Waals surface area contributed by atoms with Crippen molar-refractivity contribution in [1.29, 1.82) is 0 Å². The minimum atomic E-state index is 0.0928. The molecule has 19 heavy (non-hydrogen) atoms. The summed E-state index contributed by atoms with van der Waals surface area (Å²) in [5.41, 5.74) is 8.93. The standard InChI is InChI=1S/C16H21N3/c1-11-4-6-14(8-12(11)2)9-16(19-17)15-7-5-13(3)18-10-15/h4-8,10,16,19H,9,17H2,1-3H3. The Morgan fingerprint density at radius 1 is 1.11 bits per heavy atom. The van der Waals surface area contributed by atoms with Crippen LogP contribution in [0.25, 0.3) is 0 Å². The van der Waals surface area contributed by atoms with E-state index in [-0.39, 0.29) is 6.04 Å². The first kappa shape index (κ1) is 13.7. The van der Waals surface area contributed by atoms with Gasteiger partial charge in [0.2, 0.25) is 0 Å². The Bertz CT molecular complexity index is 546. The maximum Gasteiger partial charge on any atom is 0.0515 e. The van der Waals surface area contributed by atoms with E-state index in [9.17, 15) is 0 Å². The number of nitrogens with one attached hydrogen (secondary N) is 1. The van der Waals surface area contributed by atoms with E-state index in [0.29, 0.717) is 0 Å². The van der Waals surface area contributed by atoms with E-state index in [4.69, 9.17) is 5.84 Å². The summed E-state index contributed by atoms with van der Waals surface area (Å²) < 4.78 is 0. The summed E-state index contributed by atoms with van der Waals surface area (Å²) in [7, 11) is 0. The number of hydrogen-bond donors (Lipinski definition) is 2. The Morgan fingerprint density at radius 2 is 1.89 bits per heavy atom. The molecule has 0 aliphatic heterocycles. The van der Waals surface area contributed by atoms with E-state index in [2.05, 4.69) is 48.5 Å². The molecule has 0 saturated carbocycles. The molecule has 1 atom stereocenters. The van der Waals surface area contributed by atoms with Gasteiger partial charge in [-0.05, 0) is 55.5 Å². The van der Waals surface area contributed by atoms with Gasteiger partial charge in [-0.3, -0.25) is 16.3 Å². The predicted molar refractivity (Wildman–Crippen MR) is 78.7 cm³/mol. The summed E-state index contributed by atoms with van der Waals surface area (Å²) >= 11 is 0. The van der Waals surface area contributed by atoms with Crippen LogP contribution in [0.3, 0.4) is 0 Å². The maximum absolute atomic E-state index is 5.68. The molecule has 0 bridgehead atoms. The van der Waals surface area contributed by atoms with E-state index in [1.54, 1.807) is 0 Å². The Hall–Kier alpha value is -1.71. The van der Waals surface area contributed by atoms with Gasteiger partial charge in [-0.15, -0.1) is 0 Å². The summed E-state index contributed by atoms with van der Waals surface area (Å²) in [5.74, 6) is 5.68. The lowest BCUT2D eigenvalue weighted by atomic mass is 9.98. The summed E-state index contributed by atoms with van der Waals surface area (Å²) in [4.78, 5) is 4.33. The predicted octanol–water partition coefficient (Wildman–Crippen LogP) is 2.75. The van der Waals surface area contributed by atoms with Crippen molar-refractivity contribution in [1.82, 2.24) is 10.4 Å². The number of aromatic nitrogens is 1. The van der Waals surface area contributed by atoms with Crippen molar-refractivity contribution in [3.05, 3.63) is 64.5 Å². The molecule has 2 aromatic rings. The molecular weight excluding hydrogens is 234 g/mol. The SMILES string of the molecule is Cc1ccc(C(Cc2ccc(C)c(C)c2)NN)cn1. The van der Waals surface area contributed by atoms with Crippen LogP contribution < -0.4 is 11.3 Å². The smallest absolute Gasteiger partial charge is 0.0515 e. The van der Waals surface area contributed by atoms with Crippen molar-refractivity contribution in [2.24, 2.45) is 5.84 Å². The van der Waals surface area contributed by atoms with E-state index in [1.165, 1.54) is 16.7 Å². The molecule has 0 fully saturated rings. The summed E-state index contributed by atoms with van der Waals surface area (Å²) in [5, 5.41) is 0. The Morgan fingerprint density at radius 3 is 2.47 bits per heavy atom. The van der Waals surface area contributed by atoms with Crippen LogP contribution in [0.5, 0.6) is 0 Å². The lowest BCUT2D eigenvalue weighted by molar-refractivity contribution is 0.550. The number of rotatable bonds is 4. The van der Waals surface area contributed by atoms with Gasteiger partial charge in [0.15, 0.2) is 0 Å². The third-order valence-electron chi connectivity index (χ3n) is 3.55. The van der Waals surface area contributed by atoms with Crippen molar-refractivity contribution >= 4 is 0 Å². The highest BCUT2D eigenvalue weighted by Crippen LogP contribution is 2.19. The fourth-order valence-electron chi connectivity index (χ4n) is 2.12. The molecule has 100 valence electrons. The highest BCUT2D eigenvalue weighted by molar-refractivity contribution is 5.31. The first-order valence-corrected chi connectivity index (χ1v) is 6.55.